The summed E-state index contributed by atoms with van der Waals surface area (Å²) in [7, 11) is 1.65. The van der Waals surface area contributed by atoms with Gasteiger partial charge in [-0.3, -0.25) is 4.98 Å². The van der Waals surface area contributed by atoms with Crippen molar-refractivity contribution in [3.63, 3.8) is 0 Å². The van der Waals surface area contributed by atoms with Crippen LogP contribution in [0.1, 0.15) is 25.1 Å². The van der Waals surface area contributed by atoms with Crippen LogP contribution in [0, 0.1) is 0 Å². The summed E-state index contributed by atoms with van der Waals surface area (Å²) >= 11 is 0. The molecule has 1 aromatic heterocycles. The van der Waals surface area contributed by atoms with E-state index < -0.39 is 23.5 Å². The molecule has 2 amide bonds. The Labute approximate surface area is 153 Å². The van der Waals surface area contributed by atoms with E-state index in [-0.39, 0.29) is 0 Å². The van der Waals surface area contributed by atoms with E-state index in [1.165, 1.54) is 4.90 Å². The molecule has 1 aromatic carbocycles. The Morgan fingerprint density at radius 2 is 1.81 bits per heavy atom. The fourth-order valence-corrected chi connectivity index (χ4v) is 2.75. The van der Waals surface area contributed by atoms with Crippen LogP contribution in [0.5, 0.6) is 0 Å². The normalized spacial score (nSPS) is 12.3. The maximum absolute atomic E-state index is 12.5. The third kappa shape index (κ3) is 4.81. The summed E-state index contributed by atoms with van der Waals surface area (Å²) in [5, 5.41) is 12.3. The fourth-order valence-electron chi connectivity index (χ4n) is 2.75. The molecule has 0 aliphatic heterocycles. The lowest BCUT2D eigenvalue weighted by molar-refractivity contribution is -0.140. The van der Waals surface area contributed by atoms with E-state index in [9.17, 15) is 14.7 Å². The molecule has 0 saturated carbocycles. The van der Waals surface area contributed by atoms with Crippen molar-refractivity contribution in [3.05, 3.63) is 66.0 Å². The van der Waals surface area contributed by atoms with Gasteiger partial charge in [0.1, 0.15) is 6.04 Å². The van der Waals surface area contributed by atoms with Crippen molar-refractivity contribution in [2.45, 2.75) is 31.7 Å². The second-order valence-electron chi connectivity index (χ2n) is 6.80. The highest BCUT2D eigenvalue weighted by Gasteiger charge is 2.38. The average Bonchev–Trinajstić information content (AvgIpc) is 2.65. The monoisotopic (exact) mass is 355 g/mol. The first kappa shape index (κ1) is 19.4. The molecular formula is C20H25N3O3. The number of carboxylic acids is 1. The molecule has 0 saturated heterocycles. The summed E-state index contributed by atoms with van der Waals surface area (Å²) in [4.78, 5) is 30.0. The van der Waals surface area contributed by atoms with Gasteiger partial charge in [-0.05, 0) is 17.7 Å². The van der Waals surface area contributed by atoms with Gasteiger partial charge in [-0.2, -0.15) is 0 Å². The molecule has 0 aliphatic rings. The van der Waals surface area contributed by atoms with E-state index in [0.717, 1.165) is 11.3 Å². The second kappa shape index (κ2) is 8.47. The maximum atomic E-state index is 12.5. The van der Waals surface area contributed by atoms with Crippen molar-refractivity contribution >= 4 is 12.0 Å². The SMILES string of the molecule is CN(CCc1ccccn1)C(=O)N[C@H](C(=O)O)C(C)(C)c1ccccc1. The molecule has 6 heteroatoms. The highest BCUT2D eigenvalue weighted by atomic mass is 16.4. The summed E-state index contributed by atoms with van der Waals surface area (Å²) in [5.74, 6) is -1.06. The zero-order chi connectivity index (χ0) is 19.2. The Balaban J connectivity index is 2.04. The Kier molecular flexibility index (Phi) is 6.33. The predicted molar refractivity (Wildman–Crippen MR) is 100.0 cm³/mol. The number of benzene rings is 1. The zero-order valence-electron chi connectivity index (χ0n) is 15.3. The standard InChI is InChI=1S/C20H25N3O3/c1-20(2,15-9-5-4-6-10-15)17(18(24)25)22-19(26)23(3)14-12-16-11-7-8-13-21-16/h4-11,13,17H,12,14H2,1-3H3,(H,22,26)(H,24,25)/t17-/m1/s1. The van der Waals surface area contributed by atoms with Crippen molar-refractivity contribution in [2.24, 2.45) is 0 Å². The summed E-state index contributed by atoms with van der Waals surface area (Å²) in [6, 6.07) is 13.5. The topological polar surface area (TPSA) is 82.5 Å². The number of nitrogens with one attached hydrogen (secondary N) is 1. The first-order valence-electron chi connectivity index (χ1n) is 8.52. The molecule has 2 rings (SSSR count). The van der Waals surface area contributed by atoms with E-state index in [4.69, 9.17) is 0 Å². The van der Waals surface area contributed by atoms with Crippen LogP contribution in [0.15, 0.2) is 54.7 Å². The van der Waals surface area contributed by atoms with Gasteiger partial charge in [-0.25, -0.2) is 9.59 Å². The number of carbonyl (C=O) groups excluding carboxylic acids is 1. The van der Waals surface area contributed by atoms with E-state index in [1.54, 1.807) is 13.2 Å². The molecule has 2 N–H and O–H groups in total. The molecule has 1 atom stereocenters. The van der Waals surface area contributed by atoms with Gasteiger partial charge in [0.15, 0.2) is 0 Å². The first-order valence-corrected chi connectivity index (χ1v) is 8.52. The number of hydrogen-bond acceptors (Lipinski definition) is 3. The van der Waals surface area contributed by atoms with Gasteiger partial charge >= 0.3 is 12.0 Å². The highest BCUT2D eigenvalue weighted by Crippen LogP contribution is 2.27. The number of carbonyl (C=O) groups is 2. The number of aromatic nitrogens is 1. The van der Waals surface area contributed by atoms with Gasteiger partial charge in [-0.1, -0.05) is 50.2 Å². The largest absolute Gasteiger partial charge is 0.480 e. The fraction of sp³-hybridized carbons (Fsp3) is 0.350. The lowest BCUT2D eigenvalue weighted by Gasteiger charge is -2.33. The van der Waals surface area contributed by atoms with Crippen molar-refractivity contribution in [1.82, 2.24) is 15.2 Å². The third-order valence-electron chi connectivity index (χ3n) is 4.53. The number of pyridine rings is 1. The summed E-state index contributed by atoms with van der Waals surface area (Å²) in [5.41, 5.74) is 0.972. The molecule has 1 heterocycles. The Bertz CT molecular complexity index is 732. The molecule has 0 fully saturated rings. The number of hydrogen-bond donors (Lipinski definition) is 2. The van der Waals surface area contributed by atoms with Crippen LogP contribution in [0.4, 0.5) is 4.79 Å². The van der Waals surface area contributed by atoms with E-state index in [0.29, 0.717) is 13.0 Å². The number of urea groups is 1. The van der Waals surface area contributed by atoms with Gasteiger partial charge in [0.05, 0.1) is 0 Å². The Hall–Kier alpha value is -2.89. The van der Waals surface area contributed by atoms with Crippen molar-refractivity contribution < 1.29 is 14.7 Å². The lowest BCUT2D eigenvalue weighted by Crippen LogP contribution is -2.55. The maximum Gasteiger partial charge on any atom is 0.327 e. The minimum atomic E-state index is -1.06. The molecule has 6 nitrogen and oxygen atoms in total. The van der Waals surface area contributed by atoms with Crippen LogP contribution in [0.2, 0.25) is 0 Å². The molecule has 0 bridgehead atoms. The summed E-state index contributed by atoms with van der Waals surface area (Å²) in [6.45, 7) is 4.07. The van der Waals surface area contributed by atoms with Gasteiger partial charge in [-0.15, -0.1) is 0 Å². The van der Waals surface area contributed by atoms with Crippen molar-refractivity contribution in [2.75, 3.05) is 13.6 Å². The minimum Gasteiger partial charge on any atom is -0.480 e. The number of rotatable bonds is 7. The zero-order valence-corrected chi connectivity index (χ0v) is 15.3. The molecule has 138 valence electrons. The average molecular weight is 355 g/mol. The summed E-state index contributed by atoms with van der Waals surface area (Å²) in [6.07, 6.45) is 2.31. The smallest absolute Gasteiger partial charge is 0.327 e. The number of nitrogens with zero attached hydrogens (tertiary/aromatic N) is 2. The third-order valence-corrected chi connectivity index (χ3v) is 4.53. The van der Waals surface area contributed by atoms with Crippen LogP contribution in [-0.4, -0.2) is 46.6 Å². The molecule has 2 aromatic rings. The number of amides is 2. The van der Waals surface area contributed by atoms with Crippen LogP contribution < -0.4 is 5.32 Å². The van der Waals surface area contributed by atoms with Crippen molar-refractivity contribution in [3.8, 4) is 0 Å². The quantitative estimate of drug-likeness (QED) is 0.800. The highest BCUT2D eigenvalue weighted by molar-refractivity contribution is 5.84. The number of likely N-dealkylation sites (N-methyl/N-ethyl adjacent to an activating group) is 1. The first-order chi connectivity index (χ1) is 12.3. The van der Waals surface area contributed by atoms with E-state index in [1.807, 2.05) is 62.4 Å². The van der Waals surface area contributed by atoms with Crippen LogP contribution in [0.3, 0.4) is 0 Å². The Morgan fingerprint density at radius 1 is 1.15 bits per heavy atom. The molecule has 0 spiro atoms. The molecule has 0 unspecified atom stereocenters. The van der Waals surface area contributed by atoms with Gasteiger partial charge in [0.25, 0.3) is 0 Å². The molecular weight excluding hydrogens is 330 g/mol. The number of aliphatic carboxylic acids is 1. The van der Waals surface area contributed by atoms with Crippen LogP contribution in [-0.2, 0) is 16.6 Å². The Morgan fingerprint density at radius 3 is 2.38 bits per heavy atom. The summed E-state index contributed by atoms with van der Waals surface area (Å²) < 4.78 is 0. The van der Waals surface area contributed by atoms with Gasteiger partial charge < -0.3 is 15.3 Å². The molecule has 0 aliphatic carbocycles. The molecule has 0 radical (unpaired) electrons. The van der Waals surface area contributed by atoms with E-state index >= 15 is 0 Å². The van der Waals surface area contributed by atoms with Crippen LogP contribution >= 0.6 is 0 Å². The van der Waals surface area contributed by atoms with Gasteiger partial charge in [0.2, 0.25) is 0 Å². The number of carboxylic acid groups (broad SMARTS) is 1. The lowest BCUT2D eigenvalue weighted by atomic mass is 9.77. The predicted octanol–water partition coefficient (Wildman–Crippen LogP) is 2.70. The van der Waals surface area contributed by atoms with E-state index in [2.05, 4.69) is 10.3 Å². The second-order valence-corrected chi connectivity index (χ2v) is 6.80. The minimum absolute atomic E-state index is 0.419. The van der Waals surface area contributed by atoms with Crippen molar-refractivity contribution in [1.29, 1.82) is 0 Å². The van der Waals surface area contributed by atoms with Gasteiger partial charge in [0, 0.05) is 37.3 Å². The van der Waals surface area contributed by atoms with Crippen LogP contribution in [0.25, 0.3) is 0 Å². The molecule has 26 heavy (non-hydrogen) atoms.